The van der Waals surface area contributed by atoms with Crippen LogP contribution in [0, 0.1) is 0 Å². The lowest BCUT2D eigenvalue weighted by atomic mass is 9.98. The van der Waals surface area contributed by atoms with Crippen molar-refractivity contribution in [2.75, 3.05) is 31.9 Å². The van der Waals surface area contributed by atoms with E-state index >= 15 is 0 Å². The van der Waals surface area contributed by atoms with Crippen molar-refractivity contribution in [3.8, 4) is 0 Å². The summed E-state index contributed by atoms with van der Waals surface area (Å²) in [6, 6.07) is 1.81. The normalized spacial score (nSPS) is 38.8. The molecule has 3 fully saturated rings. The smallest absolute Gasteiger partial charge is 0.0223 e. The van der Waals surface area contributed by atoms with E-state index in [1.54, 1.807) is 0 Å². The molecule has 2 aliphatic heterocycles. The minimum absolute atomic E-state index is 0.894. The number of hydrogen-bond acceptors (Lipinski definition) is 3. The van der Waals surface area contributed by atoms with E-state index in [-0.39, 0.29) is 0 Å². The van der Waals surface area contributed by atoms with Gasteiger partial charge in [-0.15, -0.1) is 0 Å². The molecular weight excluding hydrogens is 240 g/mol. The molecule has 3 atom stereocenters. The molecule has 2 heterocycles. The lowest BCUT2D eigenvalue weighted by molar-refractivity contribution is 0.0288. The number of piperazine rings is 1. The number of fused-ring (bicyclic) bond motifs is 1. The van der Waals surface area contributed by atoms with Crippen LogP contribution in [0.25, 0.3) is 0 Å². The van der Waals surface area contributed by atoms with Gasteiger partial charge in [0.1, 0.15) is 0 Å². The average Bonchev–Trinajstić information content (AvgIpc) is 2.87. The first kappa shape index (κ1) is 13.3. The fourth-order valence-electron chi connectivity index (χ4n) is 4.15. The number of rotatable bonds is 3. The quantitative estimate of drug-likeness (QED) is 0.777. The standard InChI is InChI=1S/C15H28N2S/c1-2-18-15-7-6-13(11-15)17-10-9-16-8-4-3-5-14(16)12-17/h13-15H,2-12H2,1H3. The first-order valence-corrected chi connectivity index (χ1v) is 9.01. The van der Waals surface area contributed by atoms with E-state index in [1.807, 2.05) is 0 Å². The monoisotopic (exact) mass is 268 g/mol. The topological polar surface area (TPSA) is 6.48 Å². The lowest BCUT2D eigenvalue weighted by Crippen LogP contribution is -2.56. The maximum absolute atomic E-state index is 2.84. The molecule has 0 bridgehead atoms. The molecule has 0 radical (unpaired) electrons. The number of thioether (sulfide) groups is 1. The number of nitrogens with zero attached hydrogens (tertiary/aromatic N) is 2. The first-order valence-electron chi connectivity index (χ1n) is 7.96. The molecule has 1 aliphatic carbocycles. The minimum Gasteiger partial charge on any atom is -0.298 e. The lowest BCUT2D eigenvalue weighted by Gasteiger charge is -2.46. The summed E-state index contributed by atoms with van der Waals surface area (Å²) < 4.78 is 0. The highest BCUT2D eigenvalue weighted by Crippen LogP contribution is 2.34. The van der Waals surface area contributed by atoms with Crippen molar-refractivity contribution in [2.45, 2.75) is 62.8 Å². The minimum atomic E-state index is 0.894. The highest BCUT2D eigenvalue weighted by Gasteiger charge is 2.35. The fraction of sp³-hybridized carbons (Fsp3) is 1.00. The highest BCUT2D eigenvalue weighted by molar-refractivity contribution is 7.99. The van der Waals surface area contributed by atoms with E-state index in [0.29, 0.717) is 0 Å². The molecular formula is C15H28N2S. The number of hydrogen-bond donors (Lipinski definition) is 0. The molecule has 3 aliphatic rings. The maximum atomic E-state index is 2.84. The summed E-state index contributed by atoms with van der Waals surface area (Å²) in [6.45, 7) is 7.72. The number of piperidine rings is 1. The van der Waals surface area contributed by atoms with Crippen LogP contribution in [0.5, 0.6) is 0 Å². The molecule has 0 N–H and O–H groups in total. The van der Waals surface area contributed by atoms with E-state index in [1.165, 1.54) is 70.5 Å². The SMILES string of the molecule is CCSC1CCC(N2CCN3CCCCC3C2)C1. The zero-order valence-corrected chi connectivity index (χ0v) is 12.6. The second-order valence-corrected chi connectivity index (χ2v) is 7.80. The van der Waals surface area contributed by atoms with Gasteiger partial charge in [-0.05, 0) is 44.4 Å². The van der Waals surface area contributed by atoms with Gasteiger partial charge in [0.25, 0.3) is 0 Å². The van der Waals surface area contributed by atoms with Crippen LogP contribution in [0.2, 0.25) is 0 Å². The van der Waals surface area contributed by atoms with Gasteiger partial charge in [-0.2, -0.15) is 11.8 Å². The van der Waals surface area contributed by atoms with Crippen LogP contribution >= 0.6 is 11.8 Å². The van der Waals surface area contributed by atoms with Gasteiger partial charge in [0.05, 0.1) is 0 Å². The van der Waals surface area contributed by atoms with E-state index in [9.17, 15) is 0 Å². The van der Waals surface area contributed by atoms with Crippen LogP contribution in [0.1, 0.15) is 45.4 Å². The Morgan fingerprint density at radius 3 is 2.72 bits per heavy atom. The summed E-state index contributed by atoms with van der Waals surface area (Å²) in [7, 11) is 0. The summed E-state index contributed by atoms with van der Waals surface area (Å²) in [5, 5.41) is 0.962. The summed E-state index contributed by atoms with van der Waals surface area (Å²) >= 11 is 2.19. The van der Waals surface area contributed by atoms with Gasteiger partial charge in [-0.1, -0.05) is 13.3 Å². The summed E-state index contributed by atoms with van der Waals surface area (Å²) in [5.41, 5.74) is 0. The van der Waals surface area contributed by atoms with Crippen molar-refractivity contribution in [1.29, 1.82) is 0 Å². The van der Waals surface area contributed by atoms with Crippen LogP contribution in [0.3, 0.4) is 0 Å². The molecule has 3 heteroatoms. The first-order chi connectivity index (χ1) is 8.86. The molecule has 0 aromatic carbocycles. The van der Waals surface area contributed by atoms with Crippen molar-refractivity contribution in [1.82, 2.24) is 9.80 Å². The molecule has 3 unspecified atom stereocenters. The Morgan fingerprint density at radius 2 is 1.83 bits per heavy atom. The predicted octanol–water partition coefficient (Wildman–Crippen LogP) is 2.83. The van der Waals surface area contributed by atoms with E-state index in [0.717, 1.165) is 17.3 Å². The van der Waals surface area contributed by atoms with Crippen LogP contribution in [-0.4, -0.2) is 59.1 Å². The predicted molar refractivity (Wildman–Crippen MR) is 80.3 cm³/mol. The van der Waals surface area contributed by atoms with E-state index < -0.39 is 0 Å². The molecule has 0 aromatic rings. The van der Waals surface area contributed by atoms with Gasteiger partial charge in [0, 0.05) is 37.0 Å². The molecule has 1 saturated carbocycles. The van der Waals surface area contributed by atoms with Crippen molar-refractivity contribution in [2.24, 2.45) is 0 Å². The third kappa shape index (κ3) is 2.88. The Kier molecular flexibility index (Phi) is 4.53. The Labute approximate surface area is 116 Å². The molecule has 104 valence electrons. The van der Waals surface area contributed by atoms with Gasteiger partial charge < -0.3 is 0 Å². The van der Waals surface area contributed by atoms with Crippen molar-refractivity contribution < 1.29 is 0 Å². The van der Waals surface area contributed by atoms with Gasteiger partial charge >= 0.3 is 0 Å². The van der Waals surface area contributed by atoms with E-state index in [2.05, 4.69) is 28.5 Å². The van der Waals surface area contributed by atoms with E-state index in [4.69, 9.17) is 0 Å². The van der Waals surface area contributed by atoms with Crippen LogP contribution < -0.4 is 0 Å². The molecule has 2 saturated heterocycles. The van der Waals surface area contributed by atoms with Crippen LogP contribution in [0.4, 0.5) is 0 Å². The average molecular weight is 268 g/mol. The van der Waals surface area contributed by atoms with Crippen molar-refractivity contribution >= 4 is 11.8 Å². The molecule has 0 spiro atoms. The van der Waals surface area contributed by atoms with Gasteiger partial charge in [-0.25, -0.2) is 0 Å². The zero-order valence-electron chi connectivity index (χ0n) is 11.8. The third-order valence-corrected chi connectivity index (χ3v) is 6.38. The van der Waals surface area contributed by atoms with Crippen molar-refractivity contribution in [3.05, 3.63) is 0 Å². The van der Waals surface area contributed by atoms with Gasteiger partial charge in [0.2, 0.25) is 0 Å². The molecule has 18 heavy (non-hydrogen) atoms. The highest BCUT2D eigenvalue weighted by atomic mass is 32.2. The Balaban J connectivity index is 1.51. The van der Waals surface area contributed by atoms with Gasteiger partial charge in [-0.3, -0.25) is 9.80 Å². The summed E-state index contributed by atoms with van der Waals surface area (Å²) in [4.78, 5) is 5.59. The molecule has 2 nitrogen and oxygen atoms in total. The van der Waals surface area contributed by atoms with Crippen LogP contribution in [-0.2, 0) is 0 Å². The summed E-state index contributed by atoms with van der Waals surface area (Å²) in [6.07, 6.45) is 8.75. The Bertz CT molecular complexity index is 271. The Morgan fingerprint density at radius 1 is 0.944 bits per heavy atom. The summed E-state index contributed by atoms with van der Waals surface area (Å²) in [5.74, 6) is 1.30. The van der Waals surface area contributed by atoms with Crippen LogP contribution in [0.15, 0.2) is 0 Å². The molecule has 0 aromatic heterocycles. The second kappa shape index (κ2) is 6.15. The fourth-order valence-corrected chi connectivity index (χ4v) is 5.28. The Hall–Kier alpha value is 0.270. The second-order valence-electron chi connectivity index (χ2n) is 6.22. The molecule has 3 rings (SSSR count). The largest absolute Gasteiger partial charge is 0.298 e. The molecule has 0 amide bonds. The van der Waals surface area contributed by atoms with Gasteiger partial charge in [0.15, 0.2) is 0 Å². The van der Waals surface area contributed by atoms with Crippen molar-refractivity contribution in [3.63, 3.8) is 0 Å². The third-order valence-electron chi connectivity index (χ3n) is 5.14. The zero-order chi connectivity index (χ0) is 12.4. The maximum Gasteiger partial charge on any atom is 0.0223 e.